The molecule has 6 N–H and O–H groups in total. The van der Waals surface area contributed by atoms with E-state index in [1.54, 1.807) is 0 Å². The first-order valence-electron chi connectivity index (χ1n) is 10.9. The molecule has 0 aliphatic carbocycles. The lowest BCUT2D eigenvalue weighted by molar-refractivity contribution is 0.317. The summed E-state index contributed by atoms with van der Waals surface area (Å²) in [6.07, 6.45) is 9.04. The molecule has 2 aromatic rings. The molecule has 0 aliphatic rings. The Bertz CT molecular complexity index is 851. The number of phenols is 4. The lowest BCUT2D eigenvalue weighted by Gasteiger charge is -2.08. The quantitative estimate of drug-likeness (QED) is 0.105. The highest BCUT2D eigenvalue weighted by Crippen LogP contribution is 2.26. The summed E-state index contributed by atoms with van der Waals surface area (Å²) in [4.78, 5) is 0. The van der Waals surface area contributed by atoms with Crippen LogP contribution >= 0.6 is 0 Å². The van der Waals surface area contributed by atoms with Crippen molar-refractivity contribution in [3.63, 3.8) is 0 Å². The van der Waals surface area contributed by atoms with Crippen molar-refractivity contribution in [1.29, 1.82) is 0 Å². The molecule has 2 aromatic carbocycles. The summed E-state index contributed by atoms with van der Waals surface area (Å²) in [5.41, 5.74) is 1.67. The van der Waals surface area contributed by atoms with Crippen molar-refractivity contribution in [1.82, 2.24) is 0 Å². The van der Waals surface area contributed by atoms with Crippen molar-refractivity contribution in [2.75, 3.05) is 0 Å². The number of aromatic hydroxyl groups is 4. The van der Waals surface area contributed by atoms with Gasteiger partial charge in [-0.1, -0.05) is 48.8 Å². The molecule has 0 spiro atoms. The van der Waals surface area contributed by atoms with E-state index in [0.29, 0.717) is 35.4 Å². The lowest BCUT2D eigenvalue weighted by Crippen LogP contribution is -2.02. The second-order valence-corrected chi connectivity index (χ2v) is 7.82. The van der Waals surface area contributed by atoms with E-state index >= 15 is 0 Å². The molecule has 0 atom stereocenters. The molecule has 0 fully saturated rings. The fraction of sp³-hybridized carbons (Fsp3) is 0.417. The van der Waals surface area contributed by atoms with E-state index in [1.165, 1.54) is 36.4 Å². The minimum Gasteiger partial charge on any atom is -0.508 e. The molecular formula is C24H32N2O6. The molecule has 8 heteroatoms. The maximum Gasteiger partial charge on any atom is 0.128 e. The third-order valence-corrected chi connectivity index (χ3v) is 5.40. The van der Waals surface area contributed by atoms with Gasteiger partial charge in [0, 0.05) is 23.3 Å². The van der Waals surface area contributed by atoms with Gasteiger partial charge in [-0.2, -0.15) is 0 Å². The number of rotatable bonds is 13. The first kappa shape index (κ1) is 24.8. The molecule has 8 nitrogen and oxygen atoms in total. The topological polar surface area (TPSA) is 146 Å². The molecule has 0 aliphatic heterocycles. The summed E-state index contributed by atoms with van der Waals surface area (Å²) in [6, 6.07) is 8.42. The number of hydrogen-bond donors (Lipinski definition) is 6. The van der Waals surface area contributed by atoms with Gasteiger partial charge >= 0.3 is 0 Å². The van der Waals surface area contributed by atoms with Crippen LogP contribution in [0.4, 0.5) is 0 Å². The monoisotopic (exact) mass is 444 g/mol. The van der Waals surface area contributed by atoms with Crippen molar-refractivity contribution < 1.29 is 30.8 Å². The van der Waals surface area contributed by atoms with Crippen LogP contribution in [0, 0.1) is 0 Å². The summed E-state index contributed by atoms with van der Waals surface area (Å²) in [5, 5.41) is 63.5. The fourth-order valence-electron chi connectivity index (χ4n) is 3.65. The summed E-state index contributed by atoms with van der Waals surface area (Å²) in [7, 11) is 0. The molecule has 0 unspecified atom stereocenters. The van der Waals surface area contributed by atoms with Crippen LogP contribution in [0.15, 0.2) is 46.7 Å². The Morgan fingerprint density at radius 1 is 0.531 bits per heavy atom. The zero-order valence-corrected chi connectivity index (χ0v) is 18.1. The van der Waals surface area contributed by atoms with Gasteiger partial charge in [0.2, 0.25) is 0 Å². The highest BCUT2D eigenvalue weighted by Gasteiger charge is 2.11. The Morgan fingerprint density at radius 2 is 0.875 bits per heavy atom. The lowest BCUT2D eigenvalue weighted by atomic mass is 10.00. The maximum absolute atomic E-state index is 9.88. The summed E-state index contributed by atoms with van der Waals surface area (Å²) >= 11 is 0. The van der Waals surface area contributed by atoms with Crippen LogP contribution in [-0.4, -0.2) is 42.3 Å². The summed E-state index contributed by atoms with van der Waals surface area (Å²) in [5.74, 6) is -0.288. The Morgan fingerprint density at radius 3 is 1.19 bits per heavy atom. The first-order valence-corrected chi connectivity index (χ1v) is 10.9. The fourth-order valence-corrected chi connectivity index (χ4v) is 3.65. The number of nitrogens with zero attached hydrogens (tertiary/aromatic N) is 2. The molecule has 0 bridgehead atoms. The van der Waals surface area contributed by atoms with E-state index < -0.39 is 0 Å². The second-order valence-electron chi connectivity index (χ2n) is 7.82. The first-order chi connectivity index (χ1) is 15.5. The van der Waals surface area contributed by atoms with Gasteiger partial charge in [0.05, 0.1) is 11.4 Å². The van der Waals surface area contributed by atoms with Crippen LogP contribution in [-0.2, 0) is 0 Å². The highest BCUT2D eigenvalue weighted by molar-refractivity contribution is 6.03. The van der Waals surface area contributed by atoms with Gasteiger partial charge in [0.1, 0.15) is 23.0 Å². The van der Waals surface area contributed by atoms with Crippen LogP contribution in [0.5, 0.6) is 23.0 Å². The molecule has 0 heterocycles. The minimum atomic E-state index is -0.104. The van der Waals surface area contributed by atoms with Crippen LogP contribution in [0.25, 0.3) is 0 Å². The Kier molecular flexibility index (Phi) is 10.2. The van der Waals surface area contributed by atoms with E-state index in [1.807, 2.05) is 0 Å². The van der Waals surface area contributed by atoms with Crippen molar-refractivity contribution in [3.8, 4) is 23.0 Å². The van der Waals surface area contributed by atoms with Crippen molar-refractivity contribution in [3.05, 3.63) is 47.5 Å². The molecule has 32 heavy (non-hydrogen) atoms. The predicted octanol–water partition coefficient (Wildman–Crippen LogP) is 5.47. The van der Waals surface area contributed by atoms with Gasteiger partial charge in [-0.05, 0) is 49.9 Å². The van der Waals surface area contributed by atoms with Gasteiger partial charge < -0.3 is 30.8 Å². The average molecular weight is 445 g/mol. The van der Waals surface area contributed by atoms with E-state index in [-0.39, 0.29) is 23.0 Å². The van der Waals surface area contributed by atoms with E-state index in [4.69, 9.17) is 0 Å². The molecule has 0 radical (unpaired) electrons. The standard InChI is InChI=1S/C24H32N2O6/c27-17-11-13-19(23(29)15-17)21(25-31)9-7-5-3-1-2-4-6-8-10-22(26-32)20-14-12-18(28)16-24(20)30/h11-16,27-32H,1-10H2/b25-21+,26-22+. The Hall–Kier alpha value is -3.42. The van der Waals surface area contributed by atoms with Crippen LogP contribution in [0.3, 0.4) is 0 Å². The number of hydrogen-bond acceptors (Lipinski definition) is 8. The summed E-state index contributed by atoms with van der Waals surface area (Å²) < 4.78 is 0. The van der Waals surface area contributed by atoms with Crippen molar-refractivity contribution in [2.24, 2.45) is 10.3 Å². The van der Waals surface area contributed by atoms with Gasteiger partial charge in [-0.25, -0.2) is 0 Å². The van der Waals surface area contributed by atoms with Gasteiger partial charge in [-0.3, -0.25) is 0 Å². The van der Waals surface area contributed by atoms with E-state index in [9.17, 15) is 30.8 Å². The summed E-state index contributed by atoms with van der Waals surface area (Å²) in [6.45, 7) is 0. The minimum absolute atomic E-state index is 0.0399. The molecule has 174 valence electrons. The van der Waals surface area contributed by atoms with Crippen molar-refractivity contribution in [2.45, 2.75) is 64.2 Å². The van der Waals surface area contributed by atoms with E-state index in [0.717, 1.165) is 51.4 Å². The number of phenolic OH excluding ortho intramolecular Hbond substituents is 4. The number of unbranched alkanes of at least 4 members (excludes halogenated alkanes) is 7. The van der Waals surface area contributed by atoms with Crippen molar-refractivity contribution >= 4 is 11.4 Å². The Labute approximate surface area is 187 Å². The smallest absolute Gasteiger partial charge is 0.128 e. The Balaban J connectivity index is 1.57. The number of benzene rings is 2. The second kappa shape index (κ2) is 13.1. The van der Waals surface area contributed by atoms with Gasteiger partial charge in [0.25, 0.3) is 0 Å². The predicted molar refractivity (Wildman–Crippen MR) is 122 cm³/mol. The average Bonchev–Trinajstić information content (AvgIpc) is 2.76. The molecule has 2 rings (SSSR count). The zero-order chi connectivity index (χ0) is 23.3. The molecular weight excluding hydrogens is 412 g/mol. The zero-order valence-electron chi connectivity index (χ0n) is 18.1. The third-order valence-electron chi connectivity index (χ3n) is 5.40. The highest BCUT2D eigenvalue weighted by atomic mass is 16.4. The molecule has 0 amide bonds. The van der Waals surface area contributed by atoms with Gasteiger partial charge in [0.15, 0.2) is 0 Å². The molecule has 0 saturated carbocycles. The van der Waals surface area contributed by atoms with Gasteiger partial charge in [-0.15, -0.1) is 0 Å². The SMILES string of the molecule is O/N=C(\CCCCCCCCCC/C(=N\O)c1ccc(O)cc1O)c1ccc(O)cc1O. The van der Waals surface area contributed by atoms with Crippen LogP contribution < -0.4 is 0 Å². The number of oxime groups is 2. The molecule has 0 saturated heterocycles. The molecule has 0 aromatic heterocycles. The normalized spacial score (nSPS) is 12.2. The van der Waals surface area contributed by atoms with Crippen LogP contribution in [0.1, 0.15) is 75.3 Å². The maximum atomic E-state index is 9.88. The van der Waals surface area contributed by atoms with E-state index in [2.05, 4.69) is 10.3 Å². The largest absolute Gasteiger partial charge is 0.508 e. The van der Waals surface area contributed by atoms with Crippen LogP contribution in [0.2, 0.25) is 0 Å². The third kappa shape index (κ3) is 7.68.